The summed E-state index contributed by atoms with van der Waals surface area (Å²) in [5.74, 6) is -0.825. The molecule has 2 aromatic rings. The smallest absolute Gasteiger partial charge is 0.266 e. The maximum absolute atomic E-state index is 12.6. The first kappa shape index (κ1) is 17.2. The van der Waals surface area contributed by atoms with Gasteiger partial charge in [0.05, 0.1) is 16.8 Å². The fraction of sp³-hybridized carbons (Fsp3) is 0.0526. The molecule has 0 aromatic heterocycles. The third-order valence-electron chi connectivity index (χ3n) is 3.91. The average molecular weight is 363 g/mol. The van der Waals surface area contributed by atoms with Crippen LogP contribution in [0.4, 0.5) is 11.4 Å². The van der Waals surface area contributed by atoms with E-state index in [1.54, 1.807) is 49.4 Å². The zero-order valence-corrected chi connectivity index (χ0v) is 14.3. The number of benzene rings is 2. The molecule has 0 spiro atoms. The van der Waals surface area contributed by atoms with Crippen LogP contribution in [0.25, 0.3) is 0 Å². The van der Waals surface area contributed by atoms with Gasteiger partial charge in [0.25, 0.3) is 11.8 Å². The summed E-state index contributed by atoms with van der Waals surface area (Å²) in [7, 11) is 0. The van der Waals surface area contributed by atoms with Gasteiger partial charge in [0, 0.05) is 16.9 Å². The van der Waals surface area contributed by atoms with Crippen LogP contribution in [0.2, 0.25) is 5.02 Å². The van der Waals surface area contributed by atoms with Crippen LogP contribution >= 0.6 is 11.6 Å². The first-order valence-corrected chi connectivity index (χ1v) is 7.90. The summed E-state index contributed by atoms with van der Waals surface area (Å²) in [6, 6.07) is 13.1. The third-order valence-corrected chi connectivity index (χ3v) is 4.15. The number of nitriles is 2. The van der Waals surface area contributed by atoms with Crippen molar-refractivity contribution in [2.45, 2.75) is 6.92 Å². The predicted octanol–water partition coefficient (Wildman–Crippen LogP) is 3.79. The maximum atomic E-state index is 12.6. The van der Waals surface area contributed by atoms with Crippen molar-refractivity contribution in [1.82, 2.24) is 0 Å². The number of anilines is 2. The Morgan fingerprint density at radius 1 is 1.08 bits per heavy atom. The van der Waals surface area contributed by atoms with E-state index >= 15 is 0 Å². The lowest BCUT2D eigenvalue weighted by Crippen LogP contribution is -2.30. The van der Waals surface area contributed by atoms with Crippen LogP contribution in [-0.2, 0) is 0 Å². The average Bonchev–Trinajstić information content (AvgIpc) is 2.87. The molecule has 0 fully saturated rings. The van der Waals surface area contributed by atoms with Gasteiger partial charge in [-0.1, -0.05) is 11.6 Å². The lowest BCUT2D eigenvalue weighted by atomic mass is 10.1. The Morgan fingerprint density at radius 2 is 1.77 bits per heavy atom. The summed E-state index contributed by atoms with van der Waals surface area (Å²) in [4.78, 5) is 26.4. The Bertz CT molecular complexity index is 1040. The molecule has 1 aliphatic rings. The number of carbonyl (C=O) groups excluding carboxylic acids is 2. The van der Waals surface area contributed by atoms with Gasteiger partial charge >= 0.3 is 0 Å². The Labute approximate surface area is 154 Å². The number of imide groups is 1. The summed E-state index contributed by atoms with van der Waals surface area (Å²) >= 11 is 5.92. The molecule has 1 heterocycles. The molecule has 0 radical (unpaired) electrons. The number of aryl methyl sites for hydroxylation is 1. The van der Waals surface area contributed by atoms with Crippen LogP contribution < -0.4 is 10.2 Å². The lowest BCUT2D eigenvalue weighted by molar-refractivity contribution is 0.0926. The monoisotopic (exact) mass is 362 g/mol. The van der Waals surface area contributed by atoms with Gasteiger partial charge in [-0.05, 0) is 48.9 Å². The van der Waals surface area contributed by atoms with E-state index in [9.17, 15) is 9.59 Å². The molecule has 1 aliphatic heterocycles. The highest BCUT2D eigenvalue weighted by atomic mass is 35.5. The number of nitrogens with one attached hydrogen (secondary N) is 1. The number of nitrogens with zero attached hydrogens (tertiary/aromatic N) is 3. The number of amides is 2. The molecule has 1 N–H and O–H groups in total. The van der Waals surface area contributed by atoms with Crippen molar-refractivity contribution in [3.05, 3.63) is 69.9 Å². The second kappa shape index (κ2) is 6.72. The fourth-order valence-corrected chi connectivity index (χ4v) is 2.85. The standard InChI is InChI=1S/C19H11ClN4O2/c1-11-6-14(23-10-12(8-21)9-22)3-5-17(11)24-18(25)15-4-2-13(20)7-16(15)19(24)26/h2-7,10,23H,1H3. The Kier molecular flexibility index (Phi) is 4.45. The van der Waals surface area contributed by atoms with Crippen LogP contribution in [0.1, 0.15) is 26.3 Å². The van der Waals surface area contributed by atoms with Gasteiger partial charge in [-0.15, -0.1) is 0 Å². The highest BCUT2D eigenvalue weighted by Gasteiger charge is 2.37. The molecule has 0 unspecified atom stereocenters. The quantitative estimate of drug-likeness (QED) is 0.661. The van der Waals surface area contributed by atoms with Crippen LogP contribution in [-0.4, -0.2) is 11.8 Å². The molecule has 26 heavy (non-hydrogen) atoms. The van der Waals surface area contributed by atoms with Gasteiger partial charge in [0.2, 0.25) is 0 Å². The molecule has 2 amide bonds. The van der Waals surface area contributed by atoms with Crippen molar-refractivity contribution in [2.75, 3.05) is 10.2 Å². The van der Waals surface area contributed by atoms with E-state index in [-0.39, 0.29) is 11.1 Å². The number of carbonyl (C=O) groups is 2. The van der Waals surface area contributed by atoms with E-state index in [1.165, 1.54) is 12.3 Å². The summed E-state index contributed by atoms with van der Waals surface area (Å²) in [6.07, 6.45) is 1.29. The van der Waals surface area contributed by atoms with E-state index in [0.717, 1.165) is 4.90 Å². The summed E-state index contributed by atoms with van der Waals surface area (Å²) in [5, 5.41) is 20.7. The largest absolute Gasteiger partial charge is 0.360 e. The number of allylic oxidation sites excluding steroid dienone is 1. The minimum absolute atomic E-state index is 0.0658. The summed E-state index contributed by atoms with van der Waals surface area (Å²) in [6.45, 7) is 1.76. The van der Waals surface area contributed by atoms with Crippen molar-refractivity contribution in [2.24, 2.45) is 0 Å². The Balaban J connectivity index is 1.93. The SMILES string of the molecule is Cc1cc(NC=C(C#N)C#N)ccc1N1C(=O)c2ccc(Cl)cc2C1=O. The molecule has 0 atom stereocenters. The summed E-state index contributed by atoms with van der Waals surface area (Å²) in [5.41, 5.74) is 2.29. The second-order valence-corrected chi connectivity index (χ2v) is 6.00. The van der Waals surface area contributed by atoms with Crippen LogP contribution in [0.15, 0.2) is 48.2 Å². The zero-order valence-electron chi connectivity index (χ0n) is 13.6. The molecular formula is C19H11ClN4O2. The van der Waals surface area contributed by atoms with Crippen molar-refractivity contribution in [3.63, 3.8) is 0 Å². The van der Waals surface area contributed by atoms with E-state index in [4.69, 9.17) is 22.1 Å². The molecule has 126 valence electrons. The van der Waals surface area contributed by atoms with Gasteiger partial charge in [-0.2, -0.15) is 10.5 Å². The number of hydrogen-bond donors (Lipinski definition) is 1. The lowest BCUT2D eigenvalue weighted by Gasteiger charge is -2.17. The van der Waals surface area contributed by atoms with Crippen LogP contribution in [0.5, 0.6) is 0 Å². The second-order valence-electron chi connectivity index (χ2n) is 5.56. The van der Waals surface area contributed by atoms with E-state index in [1.807, 2.05) is 0 Å². The molecule has 6 nitrogen and oxygen atoms in total. The molecule has 0 bridgehead atoms. The predicted molar refractivity (Wildman–Crippen MR) is 96.7 cm³/mol. The van der Waals surface area contributed by atoms with E-state index < -0.39 is 11.8 Å². The van der Waals surface area contributed by atoms with Gasteiger partial charge < -0.3 is 5.32 Å². The van der Waals surface area contributed by atoms with Gasteiger partial charge in [-0.25, -0.2) is 4.90 Å². The van der Waals surface area contributed by atoms with Crippen molar-refractivity contribution < 1.29 is 9.59 Å². The normalized spacial score (nSPS) is 12.2. The fourth-order valence-electron chi connectivity index (χ4n) is 2.67. The zero-order chi connectivity index (χ0) is 18.8. The van der Waals surface area contributed by atoms with Crippen LogP contribution in [0, 0.1) is 29.6 Å². The minimum atomic E-state index is -0.424. The first-order valence-electron chi connectivity index (χ1n) is 7.52. The Morgan fingerprint density at radius 3 is 2.42 bits per heavy atom. The minimum Gasteiger partial charge on any atom is -0.360 e. The van der Waals surface area contributed by atoms with E-state index in [0.29, 0.717) is 27.5 Å². The first-order chi connectivity index (χ1) is 12.5. The number of hydrogen-bond acceptors (Lipinski definition) is 5. The molecule has 0 saturated heterocycles. The summed E-state index contributed by atoms with van der Waals surface area (Å²) < 4.78 is 0. The van der Waals surface area contributed by atoms with Crippen molar-refractivity contribution in [3.8, 4) is 12.1 Å². The molecule has 0 aliphatic carbocycles. The number of fused-ring (bicyclic) bond motifs is 1. The molecule has 3 rings (SSSR count). The third kappa shape index (κ3) is 2.90. The van der Waals surface area contributed by atoms with Gasteiger partial charge in [0.15, 0.2) is 0 Å². The molecule has 0 saturated carbocycles. The number of rotatable bonds is 3. The highest BCUT2D eigenvalue weighted by molar-refractivity contribution is 6.36. The maximum Gasteiger partial charge on any atom is 0.266 e. The molecule has 7 heteroatoms. The van der Waals surface area contributed by atoms with Crippen molar-refractivity contribution in [1.29, 1.82) is 10.5 Å². The molecule has 2 aromatic carbocycles. The van der Waals surface area contributed by atoms with Crippen molar-refractivity contribution >= 4 is 34.8 Å². The van der Waals surface area contributed by atoms with Gasteiger partial charge in [-0.3, -0.25) is 9.59 Å². The van der Waals surface area contributed by atoms with Crippen LogP contribution in [0.3, 0.4) is 0 Å². The van der Waals surface area contributed by atoms with E-state index in [2.05, 4.69) is 5.32 Å². The highest BCUT2D eigenvalue weighted by Crippen LogP contribution is 2.33. The van der Waals surface area contributed by atoms with Gasteiger partial charge in [0.1, 0.15) is 17.7 Å². The number of halogens is 1. The topological polar surface area (TPSA) is 97.0 Å². The Hall–Kier alpha value is -3.61. The molecular weight excluding hydrogens is 352 g/mol.